The molecule has 0 aliphatic heterocycles. The third kappa shape index (κ3) is 5.94. The highest BCUT2D eigenvalue weighted by molar-refractivity contribution is 5.81. The second-order valence-electron chi connectivity index (χ2n) is 2.53. The molecule has 0 aromatic rings. The summed E-state index contributed by atoms with van der Waals surface area (Å²) in [5.74, 6) is 0.179. The molecule has 0 saturated carbocycles. The minimum absolute atomic E-state index is 0.179. The average molecular weight is 175 g/mol. The molecular formula is C7H17N3O2. The molecule has 0 fully saturated rings. The Bertz CT molecular complexity index is 139. The Morgan fingerprint density at radius 1 is 1.75 bits per heavy atom. The Balaban J connectivity index is 3.37. The SMILES string of the molecule is CCOCC(C)NCC(N)=NO. The molecule has 1 atom stereocenters. The second-order valence-corrected chi connectivity index (χ2v) is 2.53. The summed E-state index contributed by atoms with van der Waals surface area (Å²) in [5, 5.41) is 14.1. The van der Waals surface area contributed by atoms with Crippen molar-refractivity contribution in [3.8, 4) is 0 Å². The van der Waals surface area contributed by atoms with Gasteiger partial charge in [-0.25, -0.2) is 0 Å². The topological polar surface area (TPSA) is 79.9 Å². The number of rotatable bonds is 6. The summed E-state index contributed by atoms with van der Waals surface area (Å²) in [6.45, 7) is 5.63. The van der Waals surface area contributed by atoms with Crippen molar-refractivity contribution in [2.45, 2.75) is 19.9 Å². The first-order valence-corrected chi connectivity index (χ1v) is 3.98. The normalized spacial score (nSPS) is 14.7. The Hall–Kier alpha value is -0.810. The number of nitrogens with one attached hydrogen (secondary N) is 1. The molecule has 0 bridgehead atoms. The maximum atomic E-state index is 8.22. The van der Waals surface area contributed by atoms with Gasteiger partial charge in [-0.3, -0.25) is 0 Å². The molecule has 1 unspecified atom stereocenters. The summed E-state index contributed by atoms with van der Waals surface area (Å²) in [5.41, 5.74) is 5.25. The smallest absolute Gasteiger partial charge is 0.153 e. The minimum Gasteiger partial charge on any atom is -0.409 e. The van der Waals surface area contributed by atoms with Crippen molar-refractivity contribution >= 4 is 5.84 Å². The Labute approximate surface area is 72.6 Å². The van der Waals surface area contributed by atoms with E-state index in [4.69, 9.17) is 15.7 Å². The van der Waals surface area contributed by atoms with E-state index in [1.165, 1.54) is 0 Å². The minimum atomic E-state index is 0.179. The van der Waals surface area contributed by atoms with Gasteiger partial charge in [0.2, 0.25) is 0 Å². The molecule has 12 heavy (non-hydrogen) atoms. The van der Waals surface area contributed by atoms with Crippen molar-refractivity contribution in [3.63, 3.8) is 0 Å². The summed E-state index contributed by atoms with van der Waals surface area (Å²) < 4.78 is 5.16. The van der Waals surface area contributed by atoms with Crippen LogP contribution < -0.4 is 11.1 Å². The largest absolute Gasteiger partial charge is 0.409 e. The van der Waals surface area contributed by atoms with Crippen LogP contribution in [0.2, 0.25) is 0 Å². The number of hydrogen-bond acceptors (Lipinski definition) is 4. The quantitative estimate of drug-likeness (QED) is 0.225. The Kier molecular flexibility index (Phi) is 6.41. The van der Waals surface area contributed by atoms with Crippen LogP contribution in [0.1, 0.15) is 13.8 Å². The van der Waals surface area contributed by atoms with E-state index in [1.807, 2.05) is 13.8 Å². The summed E-state index contributed by atoms with van der Waals surface area (Å²) in [7, 11) is 0. The van der Waals surface area contributed by atoms with E-state index >= 15 is 0 Å². The van der Waals surface area contributed by atoms with Crippen molar-refractivity contribution in [1.29, 1.82) is 0 Å². The molecule has 5 heteroatoms. The molecule has 5 nitrogen and oxygen atoms in total. The summed E-state index contributed by atoms with van der Waals surface area (Å²) in [6.07, 6.45) is 0. The van der Waals surface area contributed by atoms with E-state index in [9.17, 15) is 0 Å². The first-order chi connectivity index (χ1) is 5.70. The number of nitrogens with two attached hydrogens (primary N) is 1. The fourth-order valence-corrected chi connectivity index (χ4v) is 0.668. The molecular weight excluding hydrogens is 158 g/mol. The molecule has 0 radical (unpaired) electrons. The lowest BCUT2D eigenvalue weighted by molar-refractivity contribution is 0.129. The standard InChI is InChI=1S/C7H17N3O2/c1-3-12-5-6(2)9-4-7(8)10-11/h6,9,11H,3-5H2,1-2H3,(H2,8,10). The average Bonchev–Trinajstić information content (AvgIpc) is 2.10. The predicted octanol–water partition coefficient (Wildman–Crippen LogP) is -0.253. The van der Waals surface area contributed by atoms with E-state index in [1.54, 1.807) is 0 Å². The first kappa shape index (κ1) is 11.2. The van der Waals surface area contributed by atoms with Crippen LogP contribution in [0.25, 0.3) is 0 Å². The zero-order chi connectivity index (χ0) is 9.40. The summed E-state index contributed by atoms with van der Waals surface area (Å²) in [6, 6.07) is 0.213. The second kappa shape index (κ2) is 6.87. The highest BCUT2D eigenvalue weighted by atomic mass is 16.5. The van der Waals surface area contributed by atoms with Gasteiger partial charge in [0, 0.05) is 12.6 Å². The van der Waals surface area contributed by atoms with Crippen LogP contribution in [-0.2, 0) is 4.74 Å². The maximum absolute atomic E-state index is 8.22. The van der Waals surface area contributed by atoms with Gasteiger partial charge in [-0.05, 0) is 13.8 Å². The van der Waals surface area contributed by atoms with Crippen molar-refractivity contribution in [2.75, 3.05) is 19.8 Å². The molecule has 72 valence electrons. The van der Waals surface area contributed by atoms with Gasteiger partial charge in [-0.1, -0.05) is 5.16 Å². The number of oxime groups is 1. The monoisotopic (exact) mass is 175 g/mol. The van der Waals surface area contributed by atoms with E-state index in [2.05, 4.69) is 10.5 Å². The molecule has 0 rings (SSSR count). The van der Waals surface area contributed by atoms with Crippen LogP contribution in [0.15, 0.2) is 5.16 Å². The van der Waals surface area contributed by atoms with Crippen LogP contribution >= 0.6 is 0 Å². The van der Waals surface area contributed by atoms with Gasteiger partial charge < -0.3 is 21.0 Å². The number of hydrogen-bond donors (Lipinski definition) is 3. The zero-order valence-electron chi connectivity index (χ0n) is 7.58. The predicted molar refractivity (Wildman–Crippen MR) is 47.4 cm³/mol. The highest BCUT2D eigenvalue weighted by Crippen LogP contribution is 1.82. The molecule has 0 amide bonds. The van der Waals surface area contributed by atoms with Crippen molar-refractivity contribution in [1.82, 2.24) is 5.32 Å². The van der Waals surface area contributed by atoms with Gasteiger partial charge in [-0.15, -0.1) is 0 Å². The van der Waals surface area contributed by atoms with Gasteiger partial charge in [0.1, 0.15) is 0 Å². The van der Waals surface area contributed by atoms with Crippen LogP contribution in [0.3, 0.4) is 0 Å². The van der Waals surface area contributed by atoms with Gasteiger partial charge >= 0.3 is 0 Å². The van der Waals surface area contributed by atoms with Crippen LogP contribution in [0.5, 0.6) is 0 Å². The van der Waals surface area contributed by atoms with Crippen molar-refractivity contribution in [3.05, 3.63) is 0 Å². The van der Waals surface area contributed by atoms with E-state index < -0.39 is 0 Å². The van der Waals surface area contributed by atoms with Crippen LogP contribution in [-0.4, -0.2) is 36.8 Å². The van der Waals surface area contributed by atoms with E-state index in [0.717, 1.165) is 0 Å². The Morgan fingerprint density at radius 3 is 2.92 bits per heavy atom. The third-order valence-corrected chi connectivity index (χ3v) is 1.33. The van der Waals surface area contributed by atoms with Gasteiger partial charge in [0.15, 0.2) is 5.84 Å². The molecule has 0 saturated heterocycles. The Morgan fingerprint density at radius 2 is 2.42 bits per heavy atom. The molecule has 0 aliphatic carbocycles. The first-order valence-electron chi connectivity index (χ1n) is 3.98. The summed E-state index contributed by atoms with van der Waals surface area (Å²) >= 11 is 0. The fraction of sp³-hybridized carbons (Fsp3) is 0.857. The van der Waals surface area contributed by atoms with Gasteiger partial charge in [0.05, 0.1) is 13.2 Å². The summed E-state index contributed by atoms with van der Waals surface area (Å²) in [4.78, 5) is 0. The van der Waals surface area contributed by atoms with Crippen LogP contribution in [0.4, 0.5) is 0 Å². The molecule has 4 N–H and O–H groups in total. The van der Waals surface area contributed by atoms with Crippen molar-refractivity contribution < 1.29 is 9.94 Å². The zero-order valence-corrected chi connectivity index (χ0v) is 7.58. The third-order valence-electron chi connectivity index (χ3n) is 1.33. The lowest BCUT2D eigenvalue weighted by atomic mass is 10.3. The fourth-order valence-electron chi connectivity index (χ4n) is 0.668. The van der Waals surface area contributed by atoms with Gasteiger partial charge in [0.25, 0.3) is 0 Å². The molecule has 0 aromatic heterocycles. The molecule has 0 aliphatic rings. The van der Waals surface area contributed by atoms with Crippen LogP contribution in [0, 0.1) is 0 Å². The molecule has 0 spiro atoms. The number of nitrogens with zero attached hydrogens (tertiary/aromatic N) is 1. The highest BCUT2D eigenvalue weighted by Gasteiger charge is 2.00. The number of amidine groups is 1. The molecule has 0 heterocycles. The van der Waals surface area contributed by atoms with E-state index in [0.29, 0.717) is 19.8 Å². The lowest BCUT2D eigenvalue weighted by Gasteiger charge is -2.12. The van der Waals surface area contributed by atoms with E-state index in [-0.39, 0.29) is 11.9 Å². The van der Waals surface area contributed by atoms with Gasteiger partial charge in [-0.2, -0.15) is 0 Å². The van der Waals surface area contributed by atoms with Crippen molar-refractivity contribution in [2.24, 2.45) is 10.9 Å². The molecule has 0 aromatic carbocycles. The number of ether oxygens (including phenoxy) is 1. The maximum Gasteiger partial charge on any atom is 0.153 e. The lowest BCUT2D eigenvalue weighted by Crippen LogP contribution is -2.37.